The average molecular weight is 348 g/mol. The normalized spacial score (nSPS) is 41.8. The van der Waals surface area contributed by atoms with Crippen LogP contribution in [0, 0.1) is 22.7 Å². The Morgan fingerprint density at radius 3 is 2.60 bits per heavy atom. The van der Waals surface area contributed by atoms with Crippen LogP contribution in [0.4, 0.5) is 0 Å². The van der Waals surface area contributed by atoms with E-state index < -0.39 is 22.9 Å². The molecule has 3 aliphatic carbocycles. The Kier molecular flexibility index (Phi) is 4.65. The summed E-state index contributed by atoms with van der Waals surface area (Å²) in [7, 11) is 1.40. The van der Waals surface area contributed by atoms with Crippen LogP contribution in [0.15, 0.2) is 11.6 Å². The van der Waals surface area contributed by atoms with Gasteiger partial charge in [-0.25, -0.2) is 0 Å². The van der Waals surface area contributed by atoms with Crippen molar-refractivity contribution in [3.05, 3.63) is 11.6 Å². The lowest BCUT2D eigenvalue weighted by molar-refractivity contribution is -0.166. The van der Waals surface area contributed by atoms with Crippen molar-refractivity contribution in [3.8, 4) is 0 Å². The van der Waals surface area contributed by atoms with Gasteiger partial charge >= 0.3 is 5.97 Å². The molecule has 0 heterocycles. The van der Waals surface area contributed by atoms with E-state index in [2.05, 4.69) is 0 Å². The SMILES string of the molecule is COC(=O)[C@]1(C)CCC[C@@]2(C)C(=O)CC[C@H]3C(=O)C=C(CC[C@@H]21)[C@@H]3O. The molecule has 3 rings (SSSR count). The molecule has 0 spiro atoms. The lowest BCUT2D eigenvalue weighted by Gasteiger charge is -2.50. The first-order valence-electron chi connectivity index (χ1n) is 9.28. The van der Waals surface area contributed by atoms with Crippen molar-refractivity contribution in [1.29, 1.82) is 0 Å². The fourth-order valence-electron chi connectivity index (χ4n) is 5.52. The molecule has 2 fully saturated rings. The summed E-state index contributed by atoms with van der Waals surface area (Å²) in [6.07, 6.45) is 4.88. The average Bonchev–Trinajstić information content (AvgIpc) is 2.83. The van der Waals surface area contributed by atoms with E-state index in [1.54, 1.807) is 6.08 Å². The molecule has 5 heteroatoms. The minimum absolute atomic E-state index is 0.0685. The summed E-state index contributed by atoms with van der Waals surface area (Å²) < 4.78 is 5.08. The third-order valence-corrected chi connectivity index (χ3v) is 7.08. The number of hydrogen-bond donors (Lipinski definition) is 1. The van der Waals surface area contributed by atoms with Gasteiger partial charge in [0.2, 0.25) is 0 Å². The highest BCUT2D eigenvalue weighted by Crippen LogP contribution is 2.55. The van der Waals surface area contributed by atoms with Crippen LogP contribution in [0.3, 0.4) is 0 Å². The molecular formula is C20H28O5. The summed E-state index contributed by atoms with van der Waals surface area (Å²) in [5.41, 5.74) is -0.527. The van der Waals surface area contributed by atoms with Crippen LogP contribution in [-0.4, -0.2) is 35.9 Å². The third kappa shape index (κ3) is 2.77. The first-order chi connectivity index (χ1) is 11.7. The second kappa shape index (κ2) is 6.35. The van der Waals surface area contributed by atoms with E-state index in [1.165, 1.54) is 7.11 Å². The number of methoxy groups -OCH3 is 1. The van der Waals surface area contributed by atoms with E-state index in [-0.39, 0.29) is 29.9 Å². The van der Waals surface area contributed by atoms with Crippen LogP contribution in [0.1, 0.15) is 58.8 Å². The molecule has 5 atom stereocenters. The van der Waals surface area contributed by atoms with Gasteiger partial charge in [-0.2, -0.15) is 0 Å². The molecule has 1 N–H and O–H groups in total. The Morgan fingerprint density at radius 1 is 1.20 bits per heavy atom. The van der Waals surface area contributed by atoms with Crippen molar-refractivity contribution in [2.24, 2.45) is 22.7 Å². The van der Waals surface area contributed by atoms with E-state index in [0.717, 1.165) is 18.4 Å². The Morgan fingerprint density at radius 2 is 1.92 bits per heavy atom. The Labute approximate surface area is 148 Å². The molecule has 25 heavy (non-hydrogen) atoms. The van der Waals surface area contributed by atoms with Crippen LogP contribution in [0.2, 0.25) is 0 Å². The van der Waals surface area contributed by atoms with Crippen LogP contribution in [-0.2, 0) is 19.1 Å². The van der Waals surface area contributed by atoms with E-state index >= 15 is 0 Å². The lowest BCUT2D eigenvalue weighted by atomic mass is 9.52. The van der Waals surface area contributed by atoms with Crippen molar-refractivity contribution >= 4 is 17.5 Å². The van der Waals surface area contributed by atoms with Crippen molar-refractivity contribution in [2.45, 2.75) is 64.9 Å². The summed E-state index contributed by atoms with van der Waals surface area (Å²) in [4.78, 5) is 37.8. The molecule has 0 amide bonds. The summed E-state index contributed by atoms with van der Waals surface area (Å²) in [5, 5.41) is 10.4. The number of ether oxygens (including phenoxy) is 1. The first-order valence-corrected chi connectivity index (χ1v) is 9.28. The number of esters is 1. The predicted molar refractivity (Wildman–Crippen MR) is 91.6 cm³/mol. The maximum absolute atomic E-state index is 13.1. The highest BCUT2D eigenvalue weighted by molar-refractivity contribution is 5.97. The number of allylic oxidation sites excluding steroid dienone is 1. The molecule has 0 saturated heterocycles. The van der Waals surface area contributed by atoms with Gasteiger partial charge < -0.3 is 9.84 Å². The van der Waals surface area contributed by atoms with Gasteiger partial charge in [0.05, 0.1) is 24.5 Å². The Bertz CT molecular complexity index is 636. The molecular weight excluding hydrogens is 320 g/mol. The molecule has 0 aromatic heterocycles. The zero-order chi connectivity index (χ0) is 18.4. The summed E-state index contributed by atoms with van der Waals surface area (Å²) >= 11 is 0. The number of ketones is 2. The number of aliphatic hydroxyl groups excluding tert-OH is 1. The molecule has 3 aliphatic rings. The van der Waals surface area contributed by atoms with E-state index in [4.69, 9.17) is 4.74 Å². The van der Waals surface area contributed by atoms with Gasteiger partial charge in [-0.15, -0.1) is 0 Å². The molecule has 138 valence electrons. The second-order valence-electron chi connectivity index (χ2n) is 8.41. The number of hydrogen-bond acceptors (Lipinski definition) is 5. The Hall–Kier alpha value is -1.49. The highest BCUT2D eigenvalue weighted by Gasteiger charge is 2.56. The van der Waals surface area contributed by atoms with Gasteiger partial charge in [0.25, 0.3) is 0 Å². The lowest BCUT2D eigenvalue weighted by Crippen LogP contribution is -2.52. The minimum atomic E-state index is -0.780. The Balaban J connectivity index is 2.00. The molecule has 2 bridgehead atoms. The van der Waals surface area contributed by atoms with Crippen molar-refractivity contribution in [1.82, 2.24) is 0 Å². The fraction of sp³-hybridized carbons (Fsp3) is 0.750. The maximum atomic E-state index is 13.1. The van der Waals surface area contributed by atoms with Crippen LogP contribution in [0.5, 0.6) is 0 Å². The molecule has 0 aromatic carbocycles. The fourth-order valence-corrected chi connectivity index (χ4v) is 5.52. The molecule has 0 unspecified atom stereocenters. The van der Waals surface area contributed by atoms with Crippen LogP contribution >= 0.6 is 0 Å². The molecule has 5 nitrogen and oxygen atoms in total. The number of fused-ring (bicyclic) bond motifs is 3. The quantitative estimate of drug-likeness (QED) is 0.737. The maximum Gasteiger partial charge on any atom is 0.311 e. The summed E-state index contributed by atoms with van der Waals surface area (Å²) in [5.74, 6) is -0.837. The summed E-state index contributed by atoms with van der Waals surface area (Å²) in [6.45, 7) is 3.89. The topological polar surface area (TPSA) is 80.7 Å². The molecule has 0 aromatic rings. The van der Waals surface area contributed by atoms with Gasteiger partial charge in [0.15, 0.2) is 5.78 Å². The number of carbonyl (C=O) groups is 3. The van der Waals surface area contributed by atoms with Gasteiger partial charge in [-0.3, -0.25) is 14.4 Å². The predicted octanol–water partition coefficient (Wildman–Crippen LogP) is 2.60. The van der Waals surface area contributed by atoms with E-state index in [1.807, 2.05) is 13.8 Å². The van der Waals surface area contributed by atoms with Crippen LogP contribution < -0.4 is 0 Å². The number of rotatable bonds is 1. The van der Waals surface area contributed by atoms with Crippen LogP contribution in [0.25, 0.3) is 0 Å². The summed E-state index contributed by atoms with van der Waals surface area (Å²) in [6, 6.07) is 0. The van der Waals surface area contributed by atoms with E-state index in [0.29, 0.717) is 25.7 Å². The minimum Gasteiger partial charge on any atom is -0.469 e. The second-order valence-corrected chi connectivity index (χ2v) is 8.41. The zero-order valence-electron chi connectivity index (χ0n) is 15.3. The smallest absolute Gasteiger partial charge is 0.311 e. The van der Waals surface area contributed by atoms with Gasteiger partial charge in [-0.1, -0.05) is 13.3 Å². The van der Waals surface area contributed by atoms with Crippen molar-refractivity contribution in [3.63, 3.8) is 0 Å². The first kappa shape index (κ1) is 18.3. The molecule has 2 saturated carbocycles. The third-order valence-electron chi connectivity index (χ3n) is 7.08. The standard InChI is InChI=1S/C20H28O5/c1-19-9-4-10-20(2,18(24)25-3)15(19)7-5-12-11-14(21)13(17(12)23)6-8-16(19)22/h11,13,15,17,23H,4-10H2,1-3H3/t13-,15-,17-,19+,20+/m0/s1. The number of Topliss-reactive ketones (excluding diaryl/α,β-unsaturated/α-hetero) is 1. The van der Waals surface area contributed by atoms with Gasteiger partial charge in [0.1, 0.15) is 5.78 Å². The van der Waals surface area contributed by atoms with Gasteiger partial charge in [-0.05, 0) is 56.6 Å². The number of aliphatic hydroxyl groups is 1. The van der Waals surface area contributed by atoms with Crippen molar-refractivity contribution < 1.29 is 24.2 Å². The molecule has 0 radical (unpaired) electrons. The van der Waals surface area contributed by atoms with E-state index in [9.17, 15) is 19.5 Å². The number of carbonyl (C=O) groups excluding carboxylic acids is 3. The largest absolute Gasteiger partial charge is 0.469 e. The zero-order valence-corrected chi connectivity index (χ0v) is 15.3. The molecule has 0 aliphatic heterocycles. The highest BCUT2D eigenvalue weighted by atomic mass is 16.5. The monoisotopic (exact) mass is 348 g/mol. The van der Waals surface area contributed by atoms with Gasteiger partial charge in [0, 0.05) is 11.8 Å². The van der Waals surface area contributed by atoms with Crippen molar-refractivity contribution in [2.75, 3.05) is 7.11 Å².